The Morgan fingerprint density at radius 1 is 0.960 bits per heavy atom. The van der Waals surface area contributed by atoms with Gasteiger partial charge in [-0.3, -0.25) is 9.52 Å². The Balaban J connectivity index is 2.02. The van der Waals surface area contributed by atoms with E-state index in [0.717, 1.165) is 11.3 Å². The van der Waals surface area contributed by atoms with Gasteiger partial charge in [-0.2, -0.15) is 0 Å². The molecule has 0 saturated carbocycles. The van der Waals surface area contributed by atoms with Crippen molar-refractivity contribution in [2.24, 2.45) is 0 Å². The standard InChI is InChI=1S/C17H11Cl2NO3S2/c18-12-6-7-14(20-25(22,23)16-9-8-15(19)24-16)13(10-12)17(21)11-4-2-1-3-5-11/h1-10,20H. The molecule has 8 heteroatoms. The van der Waals surface area contributed by atoms with Crippen molar-refractivity contribution in [2.45, 2.75) is 4.21 Å². The van der Waals surface area contributed by atoms with E-state index in [1.54, 1.807) is 30.3 Å². The molecule has 1 heterocycles. The summed E-state index contributed by atoms with van der Waals surface area (Å²) in [6, 6.07) is 15.9. The van der Waals surface area contributed by atoms with E-state index in [-0.39, 0.29) is 21.2 Å². The van der Waals surface area contributed by atoms with Crippen molar-refractivity contribution in [3.05, 3.63) is 81.1 Å². The fourth-order valence-electron chi connectivity index (χ4n) is 2.18. The van der Waals surface area contributed by atoms with Gasteiger partial charge in [0, 0.05) is 16.1 Å². The molecule has 2 aromatic carbocycles. The Kier molecular flexibility index (Phi) is 5.15. The van der Waals surface area contributed by atoms with Gasteiger partial charge in [0.05, 0.1) is 10.0 Å². The van der Waals surface area contributed by atoms with Crippen LogP contribution in [0.25, 0.3) is 0 Å². The van der Waals surface area contributed by atoms with Crippen LogP contribution < -0.4 is 4.72 Å². The zero-order valence-electron chi connectivity index (χ0n) is 12.6. The lowest BCUT2D eigenvalue weighted by Gasteiger charge is -2.12. The average Bonchev–Trinajstić information content (AvgIpc) is 3.04. The van der Waals surface area contributed by atoms with Crippen LogP contribution in [-0.2, 0) is 10.0 Å². The maximum absolute atomic E-state index is 12.7. The predicted molar refractivity (Wildman–Crippen MR) is 101 cm³/mol. The quantitative estimate of drug-likeness (QED) is 0.594. The number of sulfonamides is 1. The molecular weight excluding hydrogens is 401 g/mol. The lowest BCUT2D eigenvalue weighted by Crippen LogP contribution is -2.15. The molecule has 0 aliphatic rings. The largest absolute Gasteiger partial charge is 0.289 e. The Labute approximate surface area is 159 Å². The fourth-order valence-corrected chi connectivity index (χ4v) is 4.91. The SMILES string of the molecule is O=C(c1ccccc1)c1cc(Cl)ccc1NS(=O)(=O)c1ccc(Cl)s1. The van der Waals surface area contributed by atoms with E-state index < -0.39 is 10.0 Å². The molecular formula is C17H11Cl2NO3S2. The summed E-state index contributed by atoms with van der Waals surface area (Å²) in [5.41, 5.74) is 0.761. The molecule has 1 aromatic heterocycles. The summed E-state index contributed by atoms with van der Waals surface area (Å²) < 4.78 is 27.9. The highest BCUT2D eigenvalue weighted by Crippen LogP contribution is 2.30. The summed E-state index contributed by atoms with van der Waals surface area (Å²) in [7, 11) is -3.85. The molecule has 0 amide bonds. The third kappa shape index (κ3) is 4.04. The molecule has 0 unspecified atom stereocenters. The minimum absolute atomic E-state index is 0.0607. The van der Waals surface area contributed by atoms with Crippen LogP contribution in [0.2, 0.25) is 9.36 Å². The van der Waals surface area contributed by atoms with E-state index in [2.05, 4.69) is 4.72 Å². The molecule has 3 rings (SSSR count). The van der Waals surface area contributed by atoms with Crippen LogP contribution in [0.1, 0.15) is 15.9 Å². The smallest absolute Gasteiger partial charge is 0.271 e. The lowest BCUT2D eigenvalue weighted by atomic mass is 10.0. The third-order valence-electron chi connectivity index (χ3n) is 3.32. The average molecular weight is 412 g/mol. The topological polar surface area (TPSA) is 63.2 Å². The maximum Gasteiger partial charge on any atom is 0.271 e. The molecule has 128 valence electrons. The summed E-state index contributed by atoms with van der Waals surface area (Å²) in [5.74, 6) is -0.329. The normalized spacial score (nSPS) is 11.3. The molecule has 4 nitrogen and oxygen atoms in total. The second-order valence-corrected chi connectivity index (χ2v) is 9.11. The number of halogens is 2. The van der Waals surface area contributed by atoms with Crippen molar-refractivity contribution in [3.8, 4) is 0 Å². The van der Waals surface area contributed by atoms with Crippen molar-refractivity contribution in [1.82, 2.24) is 0 Å². The third-order valence-corrected chi connectivity index (χ3v) is 6.64. The first-order chi connectivity index (χ1) is 11.9. The summed E-state index contributed by atoms with van der Waals surface area (Å²) in [6.07, 6.45) is 0. The number of benzene rings is 2. The molecule has 0 aliphatic heterocycles. The molecule has 0 bridgehead atoms. The van der Waals surface area contributed by atoms with Gasteiger partial charge in [0.2, 0.25) is 0 Å². The number of hydrogen-bond donors (Lipinski definition) is 1. The highest BCUT2D eigenvalue weighted by molar-refractivity contribution is 7.94. The minimum atomic E-state index is -3.85. The van der Waals surface area contributed by atoms with Crippen LogP contribution in [0.3, 0.4) is 0 Å². The Hall–Kier alpha value is -1.86. The van der Waals surface area contributed by atoms with Crippen molar-refractivity contribution in [3.63, 3.8) is 0 Å². The highest BCUT2D eigenvalue weighted by Gasteiger charge is 2.21. The lowest BCUT2D eigenvalue weighted by molar-refractivity contribution is 0.103. The first-order valence-electron chi connectivity index (χ1n) is 7.04. The van der Waals surface area contributed by atoms with Crippen molar-refractivity contribution < 1.29 is 13.2 Å². The second-order valence-electron chi connectivity index (χ2n) is 5.05. The molecule has 25 heavy (non-hydrogen) atoms. The minimum Gasteiger partial charge on any atom is -0.289 e. The van der Waals surface area contributed by atoms with Crippen molar-refractivity contribution in [1.29, 1.82) is 0 Å². The number of anilines is 1. The summed E-state index contributed by atoms with van der Waals surface area (Å²) in [6.45, 7) is 0. The van der Waals surface area contributed by atoms with Gasteiger partial charge in [-0.1, -0.05) is 53.5 Å². The van der Waals surface area contributed by atoms with E-state index >= 15 is 0 Å². The van der Waals surface area contributed by atoms with Gasteiger partial charge < -0.3 is 0 Å². The van der Waals surface area contributed by atoms with Gasteiger partial charge in [0.15, 0.2) is 5.78 Å². The Bertz CT molecular complexity index is 1030. The summed E-state index contributed by atoms with van der Waals surface area (Å²) >= 11 is 12.7. The number of thiophene rings is 1. The fraction of sp³-hybridized carbons (Fsp3) is 0. The predicted octanol–water partition coefficient (Wildman–Crippen LogP) is 5.09. The molecule has 0 saturated heterocycles. The highest BCUT2D eigenvalue weighted by atomic mass is 35.5. The second kappa shape index (κ2) is 7.17. The zero-order chi connectivity index (χ0) is 18.0. The molecule has 3 aromatic rings. The van der Waals surface area contributed by atoms with E-state index in [1.165, 1.54) is 30.3 Å². The van der Waals surface area contributed by atoms with E-state index in [1.807, 2.05) is 0 Å². The molecule has 1 N–H and O–H groups in total. The van der Waals surface area contributed by atoms with Gasteiger partial charge >= 0.3 is 0 Å². The van der Waals surface area contributed by atoms with Gasteiger partial charge in [-0.15, -0.1) is 11.3 Å². The number of nitrogens with one attached hydrogen (secondary N) is 1. The van der Waals surface area contributed by atoms with Crippen LogP contribution in [-0.4, -0.2) is 14.2 Å². The monoisotopic (exact) mass is 411 g/mol. The number of ketones is 1. The molecule has 0 atom stereocenters. The van der Waals surface area contributed by atoms with Crippen molar-refractivity contribution >= 4 is 56.0 Å². The summed E-state index contributed by atoms with van der Waals surface area (Å²) in [4.78, 5) is 12.7. The van der Waals surface area contributed by atoms with Crippen LogP contribution in [0.15, 0.2) is 64.9 Å². The number of carbonyl (C=O) groups excluding carboxylic acids is 1. The molecule has 0 fully saturated rings. The molecule has 0 spiro atoms. The first-order valence-corrected chi connectivity index (χ1v) is 10.1. The van der Waals surface area contributed by atoms with Crippen LogP contribution in [0, 0.1) is 0 Å². The molecule has 0 radical (unpaired) electrons. The van der Waals surface area contributed by atoms with E-state index in [0.29, 0.717) is 14.9 Å². The van der Waals surface area contributed by atoms with Gasteiger partial charge in [-0.25, -0.2) is 8.42 Å². The van der Waals surface area contributed by atoms with Crippen LogP contribution in [0.4, 0.5) is 5.69 Å². The Morgan fingerprint density at radius 3 is 2.32 bits per heavy atom. The summed E-state index contributed by atoms with van der Waals surface area (Å²) in [5, 5.41) is 0.335. The van der Waals surface area contributed by atoms with Gasteiger partial charge in [-0.05, 0) is 30.3 Å². The zero-order valence-corrected chi connectivity index (χ0v) is 15.7. The van der Waals surface area contributed by atoms with Crippen LogP contribution >= 0.6 is 34.5 Å². The van der Waals surface area contributed by atoms with Gasteiger partial charge in [0.25, 0.3) is 10.0 Å². The van der Waals surface area contributed by atoms with E-state index in [4.69, 9.17) is 23.2 Å². The first kappa shape index (κ1) is 17.9. The van der Waals surface area contributed by atoms with Crippen LogP contribution in [0.5, 0.6) is 0 Å². The number of carbonyl (C=O) groups is 1. The number of hydrogen-bond acceptors (Lipinski definition) is 4. The Morgan fingerprint density at radius 2 is 1.68 bits per heavy atom. The van der Waals surface area contributed by atoms with E-state index in [9.17, 15) is 13.2 Å². The van der Waals surface area contributed by atoms with Gasteiger partial charge in [0.1, 0.15) is 4.21 Å². The molecule has 0 aliphatic carbocycles. The number of rotatable bonds is 5. The maximum atomic E-state index is 12.7. The van der Waals surface area contributed by atoms with Crippen molar-refractivity contribution in [2.75, 3.05) is 4.72 Å².